The van der Waals surface area contributed by atoms with E-state index in [1.165, 1.54) is 0 Å². The van der Waals surface area contributed by atoms with Gasteiger partial charge in [0.25, 0.3) is 0 Å². The lowest BCUT2D eigenvalue weighted by Crippen LogP contribution is -2.33. The Balaban J connectivity index is 3.32. The van der Waals surface area contributed by atoms with Gasteiger partial charge in [-0.05, 0) is 37.1 Å². The van der Waals surface area contributed by atoms with Crippen LogP contribution in [0.5, 0.6) is 0 Å². The summed E-state index contributed by atoms with van der Waals surface area (Å²) in [4.78, 5) is 45.4. The number of rotatable bonds is 12. The van der Waals surface area contributed by atoms with Crippen molar-refractivity contribution >= 4 is 50.2 Å². The molecular weight excluding hydrogens is 474 g/mol. The second-order valence-corrected chi connectivity index (χ2v) is 11.5. The molecule has 3 N–H and O–H groups in total. The molecule has 0 aliphatic carbocycles. The van der Waals surface area contributed by atoms with Gasteiger partial charge in [-0.1, -0.05) is 38.4 Å². The summed E-state index contributed by atoms with van der Waals surface area (Å²) in [5, 5.41) is 20.7. The Kier molecular flexibility index (Phi) is 10.8. The fourth-order valence-electron chi connectivity index (χ4n) is 2.87. The fraction of sp³-hybridized carbons (Fsp3) is 0.524. The molecule has 0 amide bonds. The third-order valence-corrected chi connectivity index (χ3v) is 5.15. The van der Waals surface area contributed by atoms with Gasteiger partial charge in [0, 0.05) is 16.3 Å². The van der Waals surface area contributed by atoms with Crippen LogP contribution in [0.4, 0.5) is 5.69 Å². The molecule has 1 aromatic rings. The minimum absolute atomic E-state index is 0.133. The molecule has 0 saturated carbocycles. The second kappa shape index (κ2) is 12.6. The summed E-state index contributed by atoms with van der Waals surface area (Å²) in [7, 11) is -1.53. The van der Waals surface area contributed by atoms with Gasteiger partial charge in [0.15, 0.2) is 9.04 Å². The summed E-state index contributed by atoms with van der Waals surface area (Å²) in [6.45, 7) is 10.1. The number of carboxylic acids is 2. The Morgan fingerprint density at radius 1 is 1.03 bits per heavy atom. The van der Waals surface area contributed by atoms with Crippen LogP contribution in [-0.2, 0) is 33.1 Å². The lowest BCUT2D eigenvalue weighted by molar-refractivity contribution is -0.184. The molecule has 1 aromatic carbocycles. The topological polar surface area (TPSA) is 148 Å². The zero-order chi connectivity index (χ0) is 25.3. The lowest BCUT2D eigenvalue weighted by Gasteiger charge is -2.31. The second-order valence-electron chi connectivity index (χ2n) is 8.74. The molecule has 0 bridgehead atoms. The Morgan fingerprint density at radius 3 is 1.97 bits per heavy atom. The number of hydrogen-bond acceptors (Lipinski definition) is 8. The van der Waals surface area contributed by atoms with Crippen LogP contribution < -0.4 is 5.32 Å². The van der Waals surface area contributed by atoms with Crippen molar-refractivity contribution < 1.29 is 43.3 Å². The van der Waals surface area contributed by atoms with E-state index in [1.54, 1.807) is 18.2 Å². The molecule has 1 atom stereocenters. The molecule has 0 aliphatic heterocycles. The zero-order valence-corrected chi connectivity index (χ0v) is 21.1. The molecule has 33 heavy (non-hydrogen) atoms. The first-order chi connectivity index (χ1) is 15.2. The number of carbonyl (C=O) groups excluding carboxylic acids is 2. The predicted molar refractivity (Wildman–Crippen MR) is 122 cm³/mol. The van der Waals surface area contributed by atoms with Crippen molar-refractivity contribution in [3.8, 4) is 0 Å². The normalized spacial score (nSPS) is 12.4. The summed E-state index contributed by atoms with van der Waals surface area (Å²) in [6, 6.07) is 4.88. The molecule has 12 heteroatoms. The van der Waals surface area contributed by atoms with E-state index in [4.69, 9.17) is 35.7 Å². The van der Waals surface area contributed by atoms with Crippen LogP contribution in [0, 0.1) is 5.41 Å². The first-order valence-electron chi connectivity index (χ1n) is 10.2. The molecule has 0 radical (unpaired) electrons. The van der Waals surface area contributed by atoms with Crippen LogP contribution in [0.25, 0.3) is 0 Å². The number of nitrogens with one attached hydrogen (secondary N) is 1. The number of anilines is 1. The molecule has 1 unspecified atom stereocenters. The minimum atomic E-state index is -1.78. The number of aliphatic carboxylic acids is 2. The highest BCUT2D eigenvalue weighted by molar-refractivity contribution is 6.48. The number of benzene rings is 1. The number of ether oxygens (including phenoxy) is 2. The van der Waals surface area contributed by atoms with Crippen LogP contribution >= 0.6 is 11.6 Å². The number of carboxylic acid groups (broad SMARTS) is 2. The SMILES string of the molecule is C[SiH](C)OC(CC(C)(C)C)c1c(Cl)cccc1NC(OC(=O)CC(=O)O)OC(=O)CC(=O)O. The van der Waals surface area contributed by atoms with Crippen LogP contribution in [-0.4, -0.2) is 49.5 Å². The molecule has 184 valence electrons. The maximum atomic E-state index is 11.9. The predicted octanol–water partition coefficient (Wildman–Crippen LogP) is 3.55. The highest BCUT2D eigenvalue weighted by Gasteiger charge is 2.29. The van der Waals surface area contributed by atoms with Gasteiger partial charge in [-0.25, -0.2) is 0 Å². The number of hydrogen-bond donors (Lipinski definition) is 3. The van der Waals surface area contributed by atoms with E-state index in [1.807, 2.05) is 33.9 Å². The molecule has 0 heterocycles. The Bertz CT molecular complexity index is 840. The van der Waals surface area contributed by atoms with Crippen molar-refractivity contribution in [2.75, 3.05) is 5.32 Å². The van der Waals surface area contributed by atoms with Gasteiger partial charge >= 0.3 is 30.3 Å². The molecular formula is C21H30ClNO9Si. The summed E-state index contributed by atoms with van der Waals surface area (Å²) >= 11 is 6.49. The van der Waals surface area contributed by atoms with E-state index >= 15 is 0 Å². The van der Waals surface area contributed by atoms with Crippen molar-refractivity contribution in [3.05, 3.63) is 28.8 Å². The first kappa shape index (κ1) is 28.4. The van der Waals surface area contributed by atoms with E-state index in [0.29, 0.717) is 22.7 Å². The maximum absolute atomic E-state index is 11.9. The number of carbonyl (C=O) groups is 4. The maximum Gasteiger partial charge on any atom is 0.329 e. The molecule has 0 aromatic heterocycles. The van der Waals surface area contributed by atoms with Crippen LogP contribution in [0.1, 0.15) is 51.7 Å². The van der Waals surface area contributed by atoms with Crippen molar-refractivity contribution in [1.29, 1.82) is 0 Å². The Morgan fingerprint density at radius 2 is 1.55 bits per heavy atom. The first-order valence-corrected chi connectivity index (χ1v) is 13.4. The molecule has 0 spiro atoms. The summed E-state index contributed by atoms with van der Waals surface area (Å²) in [5.41, 5.74) is 0.734. The van der Waals surface area contributed by atoms with E-state index < -0.39 is 58.3 Å². The van der Waals surface area contributed by atoms with Crippen LogP contribution in [0.3, 0.4) is 0 Å². The van der Waals surface area contributed by atoms with Crippen LogP contribution in [0.2, 0.25) is 18.1 Å². The van der Waals surface area contributed by atoms with Gasteiger partial charge < -0.3 is 29.4 Å². The van der Waals surface area contributed by atoms with Gasteiger partial charge in [-0.15, -0.1) is 0 Å². The highest BCUT2D eigenvalue weighted by Crippen LogP contribution is 2.40. The molecule has 10 nitrogen and oxygen atoms in total. The van der Waals surface area contributed by atoms with Crippen LogP contribution in [0.15, 0.2) is 18.2 Å². The fourth-order valence-corrected chi connectivity index (χ4v) is 4.06. The van der Waals surface area contributed by atoms with Gasteiger partial charge in [-0.3, -0.25) is 19.2 Å². The monoisotopic (exact) mass is 503 g/mol. The van der Waals surface area contributed by atoms with Crippen molar-refractivity contribution in [3.63, 3.8) is 0 Å². The van der Waals surface area contributed by atoms with Crippen molar-refractivity contribution in [1.82, 2.24) is 0 Å². The van der Waals surface area contributed by atoms with E-state index in [2.05, 4.69) is 5.32 Å². The third-order valence-electron chi connectivity index (χ3n) is 3.95. The highest BCUT2D eigenvalue weighted by atomic mass is 35.5. The number of halogens is 1. The number of esters is 2. The standard InChI is InChI=1S/C21H30ClNO9Si/c1-21(2,3)11-14(32-33(4)5)19-12(22)7-6-8-13(19)23-20(30-17(28)9-15(24)25)31-18(29)10-16(26)27/h6-8,14,20,23,33H,9-11H2,1-5H3,(H,24,25)(H,26,27). The van der Waals surface area contributed by atoms with Crippen molar-refractivity contribution in [2.24, 2.45) is 5.41 Å². The summed E-state index contributed by atoms with van der Waals surface area (Å²) in [6.07, 6.45) is -3.58. The molecule has 0 fully saturated rings. The summed E-state index contributed by atoms with van der Waals surface area (Å²) in [5.74, 6) is -5.27. The average molecular weight is 504 g/mol. The van der Waals surface area contributed by atoms with E-state index in [-0.39, 0.29) is 5.41 Å². The average Bonchev–Trinajstić information content (AvgIpc) is 2.57. The van der Waals surface area contributed by atoms with Gasteiger partial charge in [-0.2, -0.15) is 0 Å². The third kappa shape index (κ3) is 11.2. The lowest BCUT2D eigenvalue weighted by atomic mass is 9.86. The minimum Gasteiger partial charge on any atom is -0.481 e. The smallest absolute Gasteiger partial charge is 0.329 e. The van der Waals surface area contributed by atoms with Gasteiger partial charge in [0.2, 0.25) is 0 Å². The Hall–Kier alpha value is -2.63. The quantitative estimate of drug-likeness (QED) is 0.167. The summed E-state index contributed by atoms with van der Waals surface area (Å²) < 4.78 is 16.1. The zero-order valence-electron chi connectivity index (χ0n) is 19.2. The van der Waals surface area contributed by atoms with Crippen molar-refractivity contribution in [2.45, 2.75) is 65.6 Å². The molecule has 0 aliphatic rings. The Labute approximate surface area is 198 Å². The molecule has 0 saturated heterocycles. The molecule has 1 rings (SSSR count). The largest absolute Gasteiger partial charge is 0.481 e. The van der Waals surface area contributed by atoms with Gasteiger partial charge in [0.05, 0.1) is 6.10 Å². The van der Waals surface area contributed by atoms with E-state index in [0.717, 1.165) is 0 Å². The van der Waals surface area contributed by atoms with Gasteiger partial charge in [0.1, 0.15) is 12.8 Å². The van der Waals surface area contributed by atoms with E-state index in [9.17, 15) is 19.2 Å².